The zero-order chi connectivity index (χ0) is 15.6. The Labute approximate surface area is 134 Å². The molecule has 23 heavy (non-hydrogen) atoms. The van der Waals surface area contributed by atoms with Crippen molar-refractivity contribution in [1.82, 2.24) is 24.7 Å². The van der Waals surface area contributed by atoms with Gasteiger partial charge in [-0.25, -0.2) is 15.0 Å². The summed E-state index contributed by atoms with van der Waals surface area (Å²) >= 11 is 0. The second kappa shape index (κ2) is 5.83. The third-order valence-electron chi connectivity index (χ3n) is 4.33. The lowest BCUT2D eigenvalue weighted by molar-refractivity contribution is 0.621. The van der Waals surface area contributed by atoms with Crippen LogP contribution in [0.5, 0.6) is 0 Å². The predicted molar refractivity (Wildman–Crippen MR) is 89.4 cm³/mol. The van der Waals surface area contributed by atoms with E-state index in [1.165, 1.54) is 0 Å². The number of hydrogen-bond acceptors (Lipinski definition) is 6. The summed E-state index contributed by atoms with van der Waals surface area (Å²) in [6, 6.07) is 5.92. The number of aryl methyl sites for hydroxylation is 1. The van der Waals surface area contributed by atoms with Gasteiger partial charge in [-0.1, -0.05) is 6.07 Å². The number of aromatic nitrogens is 5. The standard InChI is InChI=1S/C16H19N7/c1-22-15-13(9-21-22)16(20-11-19-15)23-7-5-12(10-23)8-18-14-4-2-3-6-17-14/h2-4,6,9,11-12H,5,7-8,10H2,1H3,(H,17,18)/t12-/m1/s1. The van der Waals surface area contributed by atoms with Crippen molar-refractivity contribution in [2.75, 3.05) is 29.9 Å². The summed E-state index contributed by atoms with van der Waals surface area (Å²) in [6.07, 6.45) is 6.43. The summed E-state index contributed by atoms with van der Waals surface area (Å²) < 4.78 is 1.79. The fraction of sp³-hybridized carbons (Fsp3) is 0.375. The molecule has 1 saturated heterocycles. The molecule has 7 heteroatoms. The number of nitrogens with one attached hydrogen (secondary N) is 1. The zero-order valence-corrected chi connectivity index (χ0v) is 13.1. The van der Waals surface area contributed by atoms with Gasteiger partial charge in [0.1, 0.15) is 18.0 Å². The van der Waals surface area contributed by atoms with Gasteiger partial charge in [-0.15, -0.1) is 0 Å². The van der Waals surface area contributed by atoms with E-state index < -0.39 is 0 Å². The van der Waals surface area contributed by atoms with Crippen molar-refractivity contribution < 1.29 is 0 Å². The van der Waals surface area contributed by atoms with E-state index in [1.807, 2.05) is 37.6 Å². The summed E-state index contributed by atoms with van der Waals surface area (Å²) in [6.45, 7) is 2.92. The lowest BCUT2D eigenvalue weighted by Gasteiger charge is -2.18. The second-order valence-electron chi connectivity index (χ2n) is 5.90. The van der Waals surface area contributed by atoms with E-state index in [9.17, 15) is 0 Å². The Morgan fingerprint density at radius 2 is 2.22 bits per heavy atom. The minimum atomic E-state index is 0.582. The van der Waals surface area contributed by atoms with Crippen molar-refractivity contribution >= 4 is 22.7 Å². The molecular formula is C16H19N7. The Morgan fingerprint density at radius 1 is 1.26 bits per heavy atom. The van der Waals surface area contributed by atoms with Gasteiger partial charge in [0.05, 0.1) is 11.6 Å². The maximum atomic E-state index is 4.48. The van der Waals surface area contributed by atoms with Crippen molar-refractivity contribution in [2.45, 2.75) is 6.42 Å². The fourth-order valence-electron chi connectivity index (χ4n) is 3.11. The molecule has 0 saturated carbocycles. The van der Waals surface area contributed by atoms with Crippen molar-refractivity contribution in [3.8, 4) is 0 Å². The molecule has 0 spiro atoms. The average Bonchev–Trinajstić information content (AvgIpc) is 3.21. The second-order valence-corrected chi connectivity index (χ2v) is 5.90. The van der Waals surface area contributed by atoms with Crippen LogP contribution in [-0.2, 0) is 7.05 Å². The smallest absolute Gasteiger partial charge is 0.163 e. The lowest BCUT2D eigenvalue weighted by atomic mass is 10.1. The number of nitrogens with zero attached hydrogens (tertiary/aromatic N) is 6. The van der Waals surface area contributed by atoms with Gasteiger partial charge in [0.2, 0.25) is 0 Å². The van der Waals surface area contributed by atoms with Crippen LogP contribution in [0.2, 0.25) is 0 Å². The quantitative estimate of drug-likeness (QED) is 0.791. The van der Waals surface area contributed by atoms with Gasteiger partial charge in [0, 0.05) is 32.9 Å². The van der Waals surface area contributed by atoms with Crippen LogP contribution >= 0.6 is 0 Å². The van der Waals surface area contributed by atoms with E-state index in [-0.39, 0.29) is 0 Å². The SMILES string of the molecule is Cn1ncc2c(N3CC[C@H](CNc4ccccn4)C3)ncnc21. The van der Waals surface area contributed by atoms with Gasteiger partial charge >= 0.3 is 0 Å². The van der Waals surface area contributed by atoms with Crippen molar-refractivity contribution in [3.63, 3.8) is 0 Å². The minimum Gasteiger partial charge on any atom is -0.370 e. The van der Waals surface area contributed by atoms with Gasteiger partial charge in [-0.05, 0) is 24.5 Å². The molecule has 1 fully saturated rings. The highest BCUT2D eigenvalue weighted by molar-refractivity contribution is 5.86. The molecular weight excluding hydrogens is 290 g/mol. The normalized spacial score (nSPS) is 17.8. The Morgan fingerprint density at radius 3 is 3.09 bits per heavy atom. The number of rotatable bonds is 4. The molecule has 1 N–H and O–H groups in total. The van der Waals surface area contributed by atoms with Gasteiger partial charge < -0.3 is 10.2 Å². The van der Waals surface area contributed by atoms with E-state index >= 15 is 0 Å². The molecule has 118 valence electrons. The summed E-state index contributed by atoms with van der Waals surface area (Å²) in [7, 11) is 1.91. The lowest BCUT2D eigenvalue weighted by Crippen LogP contribution is -2.23. The summed E-state index contributed by atoms with van der Waals surface area (Å²) in [5.74, 6) is 2.50. The molecule has 0 unspecified atom stereocenters. The van der Waals surface area contributed by atoms with Crippen LogP contribution in [-0.4, -0.2) is 44.4 Å². The Balaban J connectivity index is 1.45. The van der Waals surface area contributed by atoms with Gasteiger partial charge in [-0.2, -0.15) is 5.10 Å². The molecule has 3 aromatic heterocycles. The molecule has 7 nitrogen and oxygen atoms in total. The Kier molecular flexibility index (Phi) is 3.53. The van der Waals surface area contributed by atoms with Crippen molar-refractivity contribution in [3.05, 3.63) is 36.9 Å². The highest BCUT2D eigenvalue weighted by Crippen LogP contribution is 2.27. The van der Waals surface area contributed by atoms with Gasteiger partial charge in [-0.3, -0.25) is 4.68 Å². The molecule has 0 aromatic carbocycles. The van der Waals surface area contributed by atoms with Gasteiger partial charge in [0.15, 0.2) is 5.65 Å². The summed E-state index contributed by atoms with van der Waals surface area (Å²) in [5.41, 5.74) is 0.880. The zero-order valence-electron chi connectivity index (χ0n) is 13.1. The first-order valence-electron chi connectivity index (χ1n) is 7.84. The van der Waals surface area contributed by atoms with Crippen LogP contribution in [0.1, 0.15) is 6.42 Å². The number of anilines is 2. The Bertz CT molecular complexity index is 799. The fourth-order valence-corrected chi connectivity index (χ4v) is 3.11. The average molecular weight is 309 g/mol. The minimum absolute atomic E-state index is 0.582. The number of hydrogen-bond donors (Lipinski definition) is 1. The van der Waals surface area contributed by atoms with E-state index in [4.69, 9.17) is 0 Å². The number of fused-ring (bicyclic) bond motifs is 1. The largest absolute Gasteiger partial charge is 0.370 e. The number of pyridine rings is 1. The molecule has 0 amide bonds. The first kappa shape index (κ1) is 13.9. The maximum Gasteiger partial charge on any atom is 0.163 e. The molecule has 4 heterocycles. The first-order valence-corrected chi connectivity index (χ1v) is 7.84. The summed E-state index contributed by atoms with van der Waals surface area (Å²) in [4.78, 5) is 15.4. The topological polar surface area (TPSA) is 71.8 Å². The van der Waals surface area contributed by atoms with Crippen molar-refractivity contribution in [1.29, 1.82) is 0 Å². The van der Waals surface area contributed by atoms with E-state index in [0.717, 1.165) is 48.7 Å². The van der Waals surface area contributed by atoms with Crippen LogP contribution in [0.4, 0.5) is 11.6 Å². The van der Waals surface area contributed by atoms with Crippen molar-refractivity contribution in [2.24, 2.45) is 13.0 Å². The third-order valence-corrected chi connectivity index (χ3v) is 4.33. The monoisotopic (exact) mass is 309 g/mol. The molecule has 4 rings (SSSR count). The highest BCUT2D eigenvalue weighted by atomic mass is 15.3. The van der Waals surface area contributed by atoms with E-state index in [1.54, 1.807) is 11.0 Å². The van der Waals surface area contributed by atoms with E-state index in [2.05, 4.69) is 30.3 Å². The summed E-state index contributed by atoms with van der Waals surface area (Å²) in [5, 5.41) is 8.72. The first-order chi connectivity index (χ1) is 11.3. The third kappa shape index (κ3) is 2.69. The molecule has 1 atom stereocenters. The Hall–Kier alpha value is -2.70. The molecule has 0 aliphatic carbocycles. The van der Waals surface area contributed by atoms with Gasteiger partial charge in [0.25, 0.3) is 0 Å². The maximum absolute atomic E-state index is 4.48. The molecule has 1 aliphatic heterocycles. The van der Waals surface area contributed by atoms with Crippen LogP contribution in [0, 0.1) is 5.92 Å². The van der Waals surface area contributed by atoms with Crippen LogP contribution < -0.4 is 10.2 Å². The van der Waals surface area contributed by atoms with Crippen LogP contribution in [0.25, 0.3) is 11.0 Å². The van der Waals surface area contributed by atoms with Crippen LogP contribution in [0.3, 0.4) is 0 Å². The predicted octanol–water partition coefficient (Wildman–Crippen LogP) is 1.70. The molecule has 1 aliphatic rings. The van der Waals surface area contributed by atoms with Crippen LogP contribution in [0.15, 0.2) is 36.9 Å². The van der Waals surface area contributed by atoms with E-state index in [0.29, 0.717) is 5.92 Å². The molecule has 0 radical (unpaired) electrons. The molecule has 3 aromatic rings. The highest BCUT2D eigenvalue weighted by Gasteiger charge is 2.25. The molecule has 0 bridgehead atoms.